The molecule has 1 saturated carbocycles. The van der Waals surface area contributed by atoms with Gasteiger partial charge in [-0.15, -0.1) is 6.58 Å². The van der Waals surface area contributed by atoms with Crippen molar-refractivity contribution >= 4 is 5.91 Å². The largest absolute Gasteiger partial charge is 0.504 e. The Balaban J connectivity index is 0.000000578. The smallest absolute Gasteiger partial charge is 0.229 e. The summed E-state index contributed by atoms with van der Waals surface area (Å²) in [4.78, 5) is 17.3. The van der Waals surface area contributed by atoms with Gasteiger partial charge >= 0.3 is 0 Å². The third-order valence-corrected chi connectivity index (χ3v) is 8.16. The molecule has 2 fully saturated rings. The number of fused-ring (bicyclic) bond motifs is 1. The van der Waals surface area contributed by atoms with Crippen LogP contribution in [0.3, 0.4) is 0 Å². The molecule has 1 aliphatic carbocycles. The number of phenolic OH excluding ortho intramolecular Hbond substituents is 2. The molecule has 0 aromatic heterocycles. The number of carbonyl (C=O) groups excluding carboxylic acids is 1. The molecule has 3 rings (SSSR count). The second kappa shape index (κ2) is 17.3. The SMILES string of the molecule is C=CCCN(C(=O)C(C)/C=C/F)C1CCC2(O)C(CCN(CCCC)[C@@H]2C)C1.CC.Cc1ccc(O)c(O)c1. The molecule has 6 nitrogen and oxygen atoms in total. The number of hydrogen-bond donors (Lipinski definition) is 3. The third-order valence-electron chi connectivity index (χ3n) is 8.16. The maximum atomic E-state index is 12.9. The lowest BCUT2D eigenvalue weighted by Gasteiger charge is -2.55. The zero-order valence-electron chi connectivity index (χ0n) is 25.1. The lowest BCUT2D eigenvalue weighted by molar-refractivity contribution is -0.156. The summed E-state index contributed by atoms with van der Waals surface area (Å²) in [5.74, 6) is -0.411. The molecule has 1 heterocycles. The Kier molecular flexibility index (Phi) is 15.4. The highest BCUT2D eigenvalue weighted by atomic mass is 19.1. The standard InChI is InChI=1S/C23H39FN2O2.C7H8O2.C2H6/c1-5-7-14-25-16-11-20-17-21(9-12-23(20,28)19(25)4)26(15-8-6-2)22(27)18(3)10-13-24;1-5-2-3-6(8)7(9)4-5;1-2/h6,10,13,18-21,28H,2,5,7-9,11-12,14-17H2,1,3-4H3;2-4,8-9H,1H3;1-2H3/b13-10+;;/t18?,19-,20?,21?,23?;;/m1../s1. The molecule has 3 N–H and O–H groups in total. The van der Waals surface area contributed by atoms with Gasteiger partial charge < -0.3 is 20.2 Å². The van der Waals surface area contributed by atoms with E-state index in [4.69, 9.17) is 10.2 Å². The van der Waals surface area contributed by atoms with Gasteiger partial charge in [0, 0.05) is 18.6 Å². The number of aryl methyl sites for hydroxylation is 1. The predicted molar refractivity (Wildman–Crippen MR) is 158 cm³/mol. The molecule has 0 bridgehead atoms. The maximum absolute atomic E-state index is 12.9. The zero-order chi connectivity index (χ0) is 29.6. The van der Waals surface area contributed by atoms with Crippen molar-refractivity contribution < 1.29 is 24.5 Å². The van der Waals surface area contributed by atoms with Crippen molar-refractivity contribution in [2.24, 2.45) is 11.8 Å². The molecule has 1 aromatic rings. The molecular formula is C32H53FN2O4. The maximum Gasteiger partial charge on any atom is 0.229 e. The first-order valence-electron chi connectivity index (χ1n) is 14.7. The van der Waals surface area contributed by atoms with E-state index in [1.165, 1.54) is 24.6 Å². The van der Waals surface area contributed by atoms with E-state index in [0.717, 1.165) is 57.2 Å². The predicted octanol–water partition coefficient (Wildman–Crippen LogP) is 6.74. The van der Waals surface area contributed by atoms with Crippen molar-refractivity contribution in [3.8, 4) is 11.5 Å². The van der Waals surface area contributed by atoms with E-state index in [0.29, 0.717) is 12.9 Å². The number of rotatable bonds is 9. The summed E-state index contributed by atoms with van der Waals surface area (Å²) in [7, 11) is 0. The van der Waals surface area contributed by atoms with E-state index < -0.39 is 11.5 Å². The molecule has 0 radical (unpaired) electrons. The van der Waals surface area contributed by atoms with Crippen LogP contribution in [0.25, 0.3) is 0 Å². The molecule has 39 heavy (non-hydrogen) atoms. The van der Waals surface area contributed by atoms with Crippen molar-refractivity contribution in [2.75, 3.05) is 19.6 Å². The van der Waals surface area contributed by atoms with Crippen molar-refractivity contribution in [2.45, 2.75) is 104 Å². The van der Waals surface area contributed by atoms with Crippen molar-refractivity contribution in [3.63, 3.8) is 0 Å². The minimum absolute atomic E-state index is 0.0281. The summed E-state index contributed by atoms with van der Waals surface area (Å²) in [6, 6.07) is 4.97. The number of unbranched alkanes of at least 4 members (excludes halogenated alkanes) is 1. The Hall–Kier alpha value is -2.38. The van der Waals surface area contributed by atoms with Gasteiger partial charge in [0.1, 0.15) is 0 Å². The number of aromatic hydroxyl groups is 2. The van der Waals surface area contributed by atoms with Gasteiger partial charge in [-0.25, -0.2) is 4.39 Å². The van der Waals surface area contributed by atoms with Gasteiger partial charge in [-0.2, -0.15) is 0 Å². The summed E-state index contributed by atoms with van der Waals surface area (Å²) in [5.41, 5.74) is 0.269. The summed E-state index contributed by atoms with van der Waals surface area (Å²) in [6.45, 7) is 18.4. The molecule has 5 atom stereocenters. The number of aliphatic hydroxyl groups is 1. The first kappa shape index (κ1) is 34.6. The summed E-state index contributed by atoms with van der Waals surface area (Å²) >= 11 is 0. The van der Waals surface area contributed by atoms with Gasteiger partial charge in [0.25, 0.3) is 0 Å². The molecule has 1 amide bonds. The number of benzene rings is 1. The zero-order valence-corrected chi connectivity index (χ0v) is 25.1. The summed E-state index contributed by atoms with van der Waals surface area (Å²) in [6.07, 6.45) is 9.98. The van der Waals surface area contributed by atoms with Crippen LogP contribution < -0.4 is 0 Å². The second-order valence-corrected chi connectivity index (χ2v) is 10.7. The van der Waals surface area contributed by atoms with Gasteiger partial charge in [0.15, 0.2) is 11.5 Å². The van der Waals surface area contributed by atoms with Crippen molar-refractivity contribution in [1.82, 2.24) is 9.80 Å². The van der Waals surface area contributed by atoms with Crippen LogP contribution in [-0.4, -0.2) is 68.3 Å². The average Bonchev–Trinajstić information content (AvgIpc) is 2.93. The van der Waals surface area contributed by atoms with Crippen molar-refractivity contribution in [3.05, 3.63) is 48.8 Å². The van der Waals surface area contributed by atoms with Crippen LogP contribution in [-0.2, 0) is 4.79 Å². The van der Waals surface area contributed by atoms with Gasteiger partial charge in [-0.05, 0) is 102 Å². The van der Waals surface area contributed by atoms with Gasteiger partial charge in [-0.3, -0.25) is 9.69 Å². The fourth-order valence-corrected chi connectivity index (χ4v) is 5.74. The topological polar surface area (TPSA) is 84.2 Å². The third kappa shape index (κ3) is 9.64. The highest BCUT2D eigenvalue weighted by Gasteiger charge is 2.51. The highest BCUT2D eigenvalue weighted by molar-refractivity contribution is 5.80. The van der Waals surface area contributed by atoms with Crippen LogP contribution in [0.15, 0.2) is 43.3 Å². The normalized spacial score (nSPS) is 25.4. The minimum atomic E-state index is -0.667. The van der Waals surface area contributed by atoms with E-state index in [-0.39, 0.29) is 35.4 Å². The van der Waals surface area contributed by atoms with E-state index in [2.05, 4.69) is 25.3 Å². The van der Waals surface area contributed by atoms with E-state index >= 15 is 0 Å². The molecule has 7 heteroatoms. The van der Waals surface area contributed by atoms with Gasteiger partial charge in [0.2, 0.25) is 5.91 Å². The number of phenols is 2. The van der Waals surface area contributed by atoms with E-state index in [1.54, 1.807) is 13.0 Å². The number of piperidine rings is 1. The molecule has 2 aliphatic rings. The molecule has 1 aromatic carbocycles. The number of likely N-dealkylation sites (tertiary alicyclic amines) is 1. The molecule has 1 aliphatic heterocycles. The average molecular weight is 549 g/mol. The Morgan fingerprint density at radius 2 is 1.97 bits per heavy atom. The first-order chi connectivity index (χ1) is 18.6. The minimum Gasteiger partial charge on any atom is -0.504 e. The van der Waals surface area contributed by atoms with E-state index in [1.807, 2.05) is 31.7 Å². The first-order valence-corrected chi connectivity index (χ1v) is 14.7. The van der Waals surface area contributed by atoms with E-state index in [9.17, 15) is 14.3 Å². The summed E-state index contributed by atoms with van der Waals surface area (Å²) < 4.78 is 12.6. The lowest BCUT2D eigenvalue weighted by atomic mass is 9.65. The van der Waals surface area contributed by atoms with Crippen LogP contribution in [0, 0.1) is 18.8 Å². The Morgan fingerprint density at radius 3 is 2.54 bits per heavy atom. The van der Waals surface area contributed by atoms with Crippen molar-refractivity contribution in [1.29, 1.82) is 0 Å². The van der Waals surface area contributed by atoms with Crippen LogP contribution in [0.1, 0.15) is 85.1 Å². The molecule has 4 unspecified atom stereocenters. The van der Waals surface area contributed by atoms with Crippen LogP contribution in [0.5, 0.6) is 11.5 Å². The fourth-order valence-electron chi connectivity index (χ4n) is 5.74. The lowest BCUT2D eigenvalue weighted by Crippen LogP contribution is -2.64. The number of amides is 1. The second-order valence-electron chi connectivity index (χ2n) is 10.7. The molecule has 1 saturated heterocycles. The number of hydrogen-bond acceptors (Lipinski definition) is 5. The molecule has 222 valence electrons. The Bertz CT molecular complexity index is 908. The number of nitrogens with zero attached hydrogens (tertiary/aromatic N) is 2. The quantitative estimate of drug-likeness (QED) is 0.235. The Labute approximate surface area is 236 Å². The summed E-state index contributed by atoms with van der Waals surface area (Å²) in [5, 5.41) is 29.2. The molecular weight excluding hydrogens is 495 g/mol. The van der Waals surface area contributed by atoms with Gasteiger partial charge in [-0.1, -0.05) is 39.3 Å². The molecule has 0 spiro atoms. The number of carbonyl (C=O) groups is 1. The van der Waals surface area contributed by atoms with Crippen LogP contribution >= 0.6 is 0 Å². The highest BCUT2D eigenvalue weighted by Crippen LogP contribution is 2.44. The monoisotopic (exact) mass is 548 g/mol. The Morgan fingerprint density at radius 1 is 1.28 bits per heavy atom. The fraction of sp³-hybridized carbons (Fsp3) is 0.656. The van der Waals surface area contributed by atoms with Gasteiger partial charge in [0.05, 0.1) is 17.8 Å². The van der Waals surface area contributed by atoms with Crippen LogP contribution in [0.2, 0.25) is 0 Å². The number of halogens is 1. The van der Waals surface area contributed by atoms with Crippen LogP contribution in [0.4, 0.5) is 4.39 Å².